The molecular weight excluding hydrogens is 360 g/mol. The summed E-state index contributed by atoms with van der Waals surface area (Å²) in [5, 5.41) is 32.5. The number of aliphatic hydroxyl groups is 2. The van der Waals surface area contributed by atoms with Crippen LogP contribution in [-0.2, 0) is 19.2 Å². The summed E-state index contributed by atoms with van der Waals surface area (Å²) in [4.78, 5) is 49.0. The fraction of sp³-hybridized carbons (Fsp3) is 0.750. The second-order valence-electron chi connectivity index (χ2n) is 6.79. The summed E-state index contributed by atoms with van der Waals surface area (Å²) >= 11 is 0. The van der Waals surface area contributed by atoms with Gasteiger partial charge in [-0.1, -0.05) is 13.8 Å². The third kappa shape index (κ3) is 5.88. The van der Waals surface area contributed by atoms with Crippen molar-refractivity contribution < 1.29 is 34.5 Å². The molecule has 27 heavy (non-hydrogen) atoms. The van der Waals surface area contributed by atoms with Crippen LogP contribution in [-0.4, -0.2) is 87.8 Å². The third-order valence-corrected chi connectivity index (χ3v) is 4.45. The normalized spacial score (nSPS) is 20.1. The zero-order chi connectivity index (χ0) is 20.7. The van der Waals surface area contributed by atoms with Crippen LogP contribution in [0.2, 0.25) is 0 Å². The maximum Gasteiger partial charge on any atom is 0.326 e. The number of aliphatic hydroxyl groups excluding tert-OH is 2. The lowest BCUT2D eigenvalue weighted by atomic mass is 10.0. The quantitative estimate of drug-likeness (QED) is 0.241. The Morgan fingerprint density at radius 3 is 2.11 bits per heavy atom. The van der Waals surface area contributed by atoms with Gasteiger partial charge in [-0.05, 0) is 18.8 Å². The highest BCUT2D eigenvalue weighted by Gasteiger charge is 2.38. The van der Waals surface area contributed by atoms with Crippen LogP contribution in [0.25, 0.3) is 0 Å². The summed E-state index contributed by atoms with van der Waals surface area (Å²) in [5.41, 5.74) is 5.68. The largest absolute Gasteiger partial charge is 0.480 e. The number of nitrogens with one attached hydrogen (secondary N) is 2. The van der Waals surface area contributed by atoms with Crippen molar-refractivity contribution >= 4 is 23.7 Å². The zero-order valence-electron chi connectivity index (χ0n) is 15.4. The van der Waals surface area contributed by atoms with Crippen LogP contribution in [0, 0.1) is 5.92 Å². The van der Waals surface area contributed by atoms with Gasteiger partial charge in [0.2, 0.25) is 17.7 Å². The van der Waals surface area contributed by atoms with Gasteiger partial charge in [-0.15, -0.1) is 0 Å². The number of aliphatic carboxylic acids is 1. The van der Waals surface area contributed by atoms with E-state index in [-0.39, 0.29) is 18.9 Å². The van der Waals surface area contributed by atoms with Crippen LogP contribution in [0.1, 0.15) is 26.7 Å². The molecule has 0 aromatic rings. The Kier molecular flexibility index (Phi) is 8.60. The molecule has 0 bridgehead atoms. The minimum absolute atomic E-state index is 0.192. The molecule has 1 heterocycles. The van der Waals surface area contributed by atoms with Crippen LogP contribution in [0.4, 0.5) is 0 Å². The standard InChI is InChI=1S/C16H28N4O7/c1-8(2)12(17)14(24)18-9(6-21)13(23)19-10(7-22)15(25)20-5-3-4-11(20)16(26)27/h8-12,21-22H,3-7,17H2,1-2H3,(H,18,24)(H,19,23)(H,26,27)/t9-,10-,11-,12-/m0/s1. The number of hydrogen-bond acceptors (Lipinski definition) is 7. The van der Waals surface area contributed by atoms with Gasteiger partial charge in [0.25, 0.3) is 0 Å². The highest BCUT2D eigenvalue weighted by molar-refractivity contribution is 5.94. The van der Waals surface area contributed by atoms with Crippen LogP contribution >= 0.6 is 0 Å². The Morgan fingerprint density at radius 1 is 1.07 bits per heavy atom. The van der Waals surface area contributed by atoms with Crippen molar-refractivity contribution in [3.8, 4) is 0 Å². The first-order chi connectivity index (χ1) is 12.6. The van der Waals surface area contributed by atoms with Crippen molar-refractivity contribution in [2.75, 3.05) is 19.8 Å². The summed E-state index contributed by atoms with van der Waals surface area (Å²) < 4.78 is 0. The summed E-state index contributed by atoms with van der Waals surface area (Å²) in [5.74, 6) is -3.62. The molecule has 0 aromatic carbocycles. The molecule has 1 aliphatic rings. The number of nitrogens with two attached hydrogens (primary N) is 1. The monoisotopic (exact) mass is 388 g/mol. The molecule has 11 heteroatoms. The second-order valence-corrected chi connectivity index (χ2v) is 6.79. The van der Waals surface area contributed by atoms with Crippen molar-refractivity contribution in [3.63, 3.8) is 0 Å². The number of rotatable bonds is 9. The van der Waals surface area contributed by atoms with E-state index in [0.717, 1.165) is 4.90 Å². The SMILES string of the molecule is CC(C)[C@H](N)C(=O)N[C@@H](CO)C(=O)N[C@@H](CO)C(=O)N1CCC[C@H]1C(=O)O. The van der Waals surface area contributed by atoms with E-state index in [1.54, 1.807) is 13.8 Å². The van der Waals surface area contributed by atoms with E-state index in [1.165, 1.54) is 0 Å². The van der Waals surface area contributed by atoms with E-state index in [9.17, 15) is 29.4 Å². The van der Waals surface area contributed by atoms with E-state index in [4.69, 9.17) is 10.8 Å². The first-order valence-corrected chi connectivity index (χ1v) is 8.75. The molecule has 0 saturated carbocycles. The molecule has 4 atom stereocenters. The van der Waals surface area contributed by atoms with Gasteiger partial charge in [0, 0.05) is 6.54 Å². The van der Waals surface area contributed by atoms with Gasteiger partial charge >= 0.3 is 5.97 Å². The number of hydrogen-bond donors (Lipinski definition) is 6. The Morgan fingerprint density at radius 2 is 1.63 bits per heavy atom. The summed E-state index contributed by atoms with van der Waals surface area (Å²) in [7, 11) is 0. The maximum atomic E-state index is 12.5. The smallest absolute Gasteiger partial charge is 0.326 e. The topological polar surface area (TPSA) is 182 Å². The molecule has 0 unspecified atom stereocenters. The Hall–Kier alpha value is -2.24. The number of likely N-dealkylation sites (tertiary alicyclic amines) is 1. The number of carbonyl (C=O) groups is 4. The number of carboxylic acids is 1. The highest BCUT2D eigenvalue weighted by Crippen LogP contribution is 2.18. The number of carbonyl (C=O) groups excluding carboxylic acids is 3. The third-order valence-electron chi connectivity index (χ3n) is 4.45. The van der Waals surface area contributed by atoms with Gasteiger partial charge in [0.1, 0.15) is 18.1 Å². The van der Waals surface area contributed by atoms with E-state index >= 15 is 0 Å². The van der Waals surface area contributed by atoms with Gasteiger partial charge in [-0.3, -0.25) is 14.4 Å². The van der Waals surface area contributed by atoms with Crippen molar-refractivity contribution in [1.29, 1.82) is 0 Å². The van der Waals surface area contributed by atoms with Gasteiger partial charge in [0.15, 0.2) is 0 Å². The molecule has 0 spiro atoms. The van der Waals surface area contributed by atoms with Crippen LogP contribution in [0.15, 0.2) is 0 Å². The zero-order valence-corrected chi connectivity index (χ0v) is 15.4. The van der Waals surface area contributed by atoms with Gasteiger partial charge < -0.3 is 36.6 Å². The van der Waals surface area contributed by atoms with Crippen molar-refractivity contribution in [2.45, 2.75) is 50.9 Å². The van der Waals surface area contributed by atoms with Crippen molar-refractivity contribution in [3.05, 3.63) is 0 Å². The van der Waals surface area contributed by atoms with E-state index in [2.05, 4.69) is 10.6 Å². The van der Waals surface area contributed by atoms with Crippen LogP contribution < -0.4 is 16.4 Å². The number of carboxylic acid groups (broad SMARTS) is 1. The number of amides is 3. The summed E-state index contributed by atoms with van der Waals surface area (Å²) in [6, 6.07) is -4.65. The van der Waals surface area contributed by atoms with Crippen molar-refractivity contribution in [1.82, 2.24) is 15.5 Å². The Balaban J connectivity index is 2.76. The van der Waals surface area contributed by atoms with Crippen molar-refractivity contribution in [2.24, 2.45) is 11.7 Å². The predicted octanol–water partition coefficient (Wildman–Crippen LogP) is -3.00. The van der Waals surface area contributed by atoms with Gasteiger partial charge in [0.05, 0.1) is 19.3 Å². The minimum Gasteiger partial charge on any atom is -0.480 e. The highest BCUT2D eigenvalue weighted by atomic mass is 16.4. The molecule has 0 aromatic heterocycles. The first kappa shape index (κ1) is 22.8. The summed E-state index contributed by atoms with van der Waals surface area (Å²) in [6.45, 7) is 2.13. The number of nitrogens with zero attached hydrogens (tertiary/aromatic N) is 1. The van der Waals surface area contributed by atoms with E-state index < -0.39 is 61.1 Å². The predicted molar refractivity (Wildman–Crippen MR) is 93.2 cm³/mol. The lowest BCUT2D eigenvalue weighted by molar-refractivity contribution is -0.150. The minimum atomic E-state index is -1.39. The molecule has 154 valence electrons. The fourth-order valence-electron chi connectivity index (χ4n) is 2.71. The lowest BCUT2D eigenvalue weighted by Gasteiger charge is -2.27. The second kappa shape index (κ2) is 10.2. The molecule has 7 N–H and O–H groups in total. The van der Waals surface area contributed by atoms with E-state index in [0.29, 0.717) is 6.42 Å². The summed E-state index contributed by atoms with van der Waals surface area (Å²) in [6.07, 6.45) is 0.785. The molecule has 1 rings (SSSR count). The fourth-order valence-corrected chi connectivity index (χ4v) is 2.71. The van der Waals surface area contributed by atoms with Gasteiger partial charge in [-0.2, -0.15) is 0 Å². The lowest BCUT2D eigenvalue weighted by Crippen LogP contribution is -2.59. The molecular formula is C16H28N4O7. The average Bonchev–Trinajstić information content (AvgIpc) is 3.12. The first-order valence-electron chi connectivity index (χ1n) is 8.75. The molecule has 0 radical (unpaired) electrons. The average molecular weight is 388 g/mol. The molecule has 1 fully saturated rings. The molecule has 1 aliphatic heterocycles. The molecule has 0 aliphatic carbocycles. The molecule has 3 amide bonds. The maximum absolute atomic E-state index is 12.5. The Bertz CT molecular complexity index is 569. The van der Waals surface area contributed by atoms with Crippen LogP contribution in [0.3, 0.4) is 0 Å². The molecule has 1 saturated heterocycles. The molecule has 11 nitrogen and oxygen atoms in total. The van der Waals surface area contributed by atoms with Crippen LogP contribution in [0.5, 0.6) is 0 Å². The Labute approximate surface area is 156 Å². The van der Waals surface area contributed by atoms with E-state index in [1.807, 2.05) is 0 Å². The van der Waals surface area contributed by atoms with Gasteiger partial charge in [-0.25, -0.2) is 4.79 Å².